The van der Waals surface area contributed by atoms with E-state index in [4.69, 9.17) is 74.2 Å². The van der Waals surface area contributed by atoms with Gasteiger partial charge < -0.3 is 27.8 Å². The number of aromatic nitrogens is 2. The number of nitrogens with zero attached hydrogens (tertiary/aromatic N) is 4. The first-order chi connectivity index (χ1) is 32.3. The summed E-state index contributed by atoms with van der Waals surface area (Å²) in [6, 6.07) is 26.0. The SMILES string of the molecule is CC(C)S(=O)(=O)c1ncc(COc2ccc(C(C)(CCC(C)(c3ccc(OCc4ncoc4S(C)(=O)=O)cc3)c3cc(Cl)c(OCCCl)c(C#N)c3)c3cc(Cl)c(OCCCl)c(C#N)c3)cc2)o1. The van der Waals surface area contributed by atoms with Gasteiger partial charge >= 0.3 is 5.22 Å². The summed E-state index contributed by atoms with van der Waals surface area (Å²) >= 11 is 25.6. The van der Waals surface area contributed by atoms with E-state index < -0.39 is 35.8 Å². The van der Waals surface area contributed by atoms with E-state index >= 15 is 0 Å². The summed E-state index contributed by atoms with van der Waals surface area (Å²) in [5.41, 5.74) is 1.78. The van der Waals surface area contributed by atoms with Crippen molar-refractivity contribution in [1.82, 2.24) is 9.97 Å². The fourth-order valence-corrected chi connectivity index (χ4v) is 9.75. The zero-order valence-electron chi connectivity index (χ0n) is 37.5. The van der Waals surface area contributed by atoms with E-state index in [1.807, 2.05) is 38.1 Å². The fourth-order valence-electron chi connectivity index (χ4n) is 7.47. The first kappa shape index (κ1) is 51.9. The number of halogens is 4. The van der Waals surface area contributed by atoms with Gasteiger partial charge in [-0.2, -0.15) is 10.5 Å². The molecule has 0 aliphatic heterocycles. The molecule has 0 aliphatic rings. The van der Waals surface area contributed by atoms with E-state index in [0.717, 1.165) is 23.8 Å². The molecular weight excluding hydrogens is 998 g/mol. The molecule has 20 heteroatoms. The van der Waals surface area contributed by atoms with Gasteiger partial charge in [0.2, 0.25) is 24.8 Å². The lowest BCUT2D eigenvalue weighted by Crippen LogP contribution is -2.31. The van der Waals surface area contributed by atoms with Gasteiger partial charge in [0.1, 0.15) is 55.8 Å². The van der Waals surface area contributed by atoms with Crippen molar-refractivity contribution in [2.24, 2.45) is 0 Å². The number of benzene rings is 4. The Kier molecular flexibility index (Phi) is 16.7. The van der Waals surface area contributed by atoms with Gasteiger partial charge in [-0.05, 0) is 97.5 Å². The number of sulfone groups is 2. The van der Waals surface area contributed by atoms with E-state index in [9.17, 15) is 27.4 Å². The van der Waals surface area contributed by atoms with Gasteiger partial charge in [-0.1, -0.05) is 61.3 Å². The minimum atomic E-state index is -3.72. The van der Waals surface area contributed by atoms with Crippen molar-refractivity contribution in [1.29, 1.82) is 10.5 Å². The molecule has 0 saturated heterocycles. The quantitative estimate of drug-likeness (QED) is 0.0580. The fraction of sp³-hybridized carbons (Fsp3) is 0.333. The average molecular weight is 1040 g/mol. The average Bonchev–Trinajstić information content (AvgIpc) is 4.02. The van der Waals surface area contributed by atoms with Crippen molar-refractivity contribution in [3.8, 4) is 35.1 Å². The summed E-state index contributed by atoms with van der Waals surface area (Å²) in [4.78, 5) is 7.96. The Morgan fingerprint density at radius 1 is 0.691 bits per heavy atom. The molecule has 68 heavy (non-hydrogen) atoms. The summed E-state index contributed by atoms with van der Waals surface area (Å²) in [5.74, 6) is 1.88. The molecular formula is C48H46Cl4N4O10S2. The summed E-state index contributed by atoms with van der Waals surface area (Å²) in [6.45, 7) is 7.14. The highest BCUT2D eigenvalue weighted by molar-refractivity contribution is 7.91. The summed E-state index contributed by atoms with van der Waals surface area (Å²) in [7, 11) is -7.40. The van der Waals surface area contributed by atoms with Gasteiger partial charge in [0.05, 0.1) is 44.4 Å². The van der Waals surface area contributed by atoms with Crippen molar-refractivity contribution in [3.63, 3.8) is 0 Å². The molecule has 0 radical (unpaired) electrons. The third kappa shape index (κ3) is 11.5. The molecule has 6 aromatic rings. The molecule has 0 fully saturated rings. The Morgan fingerprint density at radius 3 is 1.59 bits per heavy atom. The molecule has 0 saturated carbocycles. The number of hydrogen-bond donors (Lipinski definition) is 0. The van der Waals surface area contributed by atoms with Crippen LogP contribution in [0.25, 0.3) is 0 Å². The maximum absolute atomic E-state index is 12.6. The highest BCUT2D eigenvalue weighted by Gasteiger charge is 2.38. The van der Waals surface area contributed by atoms with Crippen LogP contribution in [-0.2, 0) is 43.7 Å². The van der Waals surface area contributed by atoms with Gasteiger partial charge in [-0.3, -0.25) is 0 Å². The first-order valence-corrected chi connectivity index (χ1v) is 26.2. The number of hydrogen-bond acceptors (Lipinski definition) is 14. The molecule has 6 rings (SSSR count). The molecule has 0 bridgehead atoms. The topological polar surface area (TPSA) is 205 Å². The number of nitriles is 2. The molecule has 0 N–H and O–H groups in total. The van der Waals surface area contributed by atoms with E-state index in [-0.39, 0.29) is 92.6 Å². The van der Waals surface area contributed by atoms with E-state index in [1.54, 1.807) is 62.4 Å². The van der Waals surface area contributed by atoms with Crippen molar-refractivity contribution in [2.75, 3.05) is 31.2 Å². The first-order valence-electron chi connectivity index (χ1n) is 20.9. The minimum absolute atomic E-state index is 0.0881. The number of ether oxygens (including phenoxy) is 4. The van der Waals surface area contributed by atoms with Crippen LogP contribution in [0.2, 0.25) is 10.0 Å². The molecule has 14 nitrogen and oxygen atoms in total. The summed E-state index contributed by atoms with van der Waals surface area (Å²) in [5, 5.41) is 19.8. The Labute approximate surface area is 415 Å². The number of oxazole rings is 2. The largest absolute Gasteiger partial charge is 0.489 e. The Hall–Kier alpha value is -5.46. The molecule has 358 valence electrons. The van der Waals surface area contributed by atoms with Crippen molar-refractivity contribution >= 4 is 66.1 Å². The van der Waals surface area contributed by atoms with Crippen LogP contribution in [0.15, 0.2) is 105 Å². The molecule has 2 aromatic heterocycles. The summed E-state index contributed by atoms with van der Waals surface area (Å²) < 4.78 is 83.8. The zero-order chi connectivity index (χ0) is 49.4. The second-order valence-corrected chi connectivity index (χ2v) is 22.2. The van der Waals surface area contributed by atoms with Crippen molar-refractivity contribution in [3.05, 3.63) is 140 Å². The Balaban J connectivity index is 1.41. The van der Waals surface area contributed by atoms with Gasteiger partial charge in [0, 0.05) is 17.1 Å². The van der Waals surface area contributed by atoms with E-state index in [0.29, 0.717) is 35.5 Å². The smallest absolute Gasteiger partial charge is 0.315 e. The van der Waals surface area contributed by atoms with Crippen molar-refractivity contribution in [2.45, 2.75) is 80.1 Å². The van der Waals surface area contributed by atoms with Crippen LogP contribution in [0, 0.1) is 22.7 Å². The lowest BCUT2D eigenvalue weighted by Gasteiger charge is -2.38. The summed E-state index contributed by atoms with van der Waals surface area (Å²) in [6.07, 6.45) is 4.19. The Bertz CT molecular complexity index is 3060. The second kappa shape index (κ2) is 21.9. The highest BCUT2D eigenvalue weighted by Crippen LogP contribution is 2.47. The number of alkyl halides is 2. The van der Waals surface area contributed by atoms with Crippen LogP contribution in [-0.4, -0.2) is 63.3 Å². The van der Waals surface area contributed by atoms with Gasteiger partial charge in [0.25, 0.3) is 0 Å². The second-order valence-electron chi connectivity index (χ2n) is 16.3. The number of rotatable bonds is 22. The van der Waals surface area contributed by atoms with E-state index in [1.165, 1.54) is 6.20 Å². The molecule has 2 unspecified atom stereocenters. The van der Waals surface area contributed by atoms with E-state index in [2.05, 4.69) is 22.1 Å². The monoisotopic (exact) mass is 1040 g/mol. The molecule has 0 aliphatic carbocycles. The van der Waals surface area contributed by atoms with Crippen LogP contribution in [0.1, 0.15) is 85.4 Å². The van der Waals surface area contributed by atoms with Gasteiger partial charge in [0.15, 0.2) is 23.7 Å². The van der Waals surface area contributed by atoms with Crippen LogP contribution >= 0.6 is 46.4 Å². The molecule has 2 heterocycles. The van der Waals surface area contributed by atoms with Crippen LogP contribution in [0.4, 0.5) is 0 Å². The third-order valence-electron chi connectivity index (χ3n) is 11.5. The predicted octanol–water partition coefficient (Wildman–Crippen LogP) is 10.8. The van der Waals surface area contributed by atoms with Crippen LogP contribution in [0.5, 0.6) is 23.0 Å². The maximum atomic E-state index is 12.6. The standard InChI is InChI=1S/C48H46Cl4N4O10S2/c1-30(2)68(59,60)46-55-26-39(66-46)27-63-37-10-6-33(7-11-37)47(3,35-20-31(24-53)43(40(51)22-35)61-18-16-49)14-15-48(4,36-21-32(25-54)44(41(52)23-36)62-19-17-50)34-8-12-38(13-9-34)64-28-42-45(65-29-56-42)67(5,57)58/h6-13,20-23,26,29-30H,14-19,27-28H2,1-5H3. The highest BCUT2D eigenvalue weighted by atomic mass is 35.5. The third-order valence-corrected chi connectivity index (χ3v) is 15.2. The van der Waals surface area contributed by atoms with Crippen LogP contribution < -0.4 is 18.9 Å². The van der Waals surface area contributed by atoms with Crippen LogP contribution in [0.3, 0.4) is 0 Å². The molecule has 0 spiro atoms. The lowest BCUT2D eigenvalue weighted by molar-refractivity contribution is 0.256. The predicted molar refractivity (Wildman–Crippen MR) is 257 cm³/mol. The minimum Gasteiger partial charge on any atom is -0.489 e. The Morgan fingerprint density at radius 2 is 1.16 bits per heavy atom. The molecule has 4 aromatic carbocycles. The van der Waals surface area contributed by atoms with Gasteiger partial charge in [-0.15, -0.1) is 23.2 Å². The zero-order valence-corrected chi connectivity index (χ0v) is 42.2. The van der Waals surface area contributed by atoms with Gasteiger partial charge in [-0.25, -0.2) is 26.8 Å². The van der Waals surface area contributed by atoms with Crippen molar-refractivity contribution < 1.29 is 44.6 Å². The maximum Gasteiger partial charge on any atom is 0.315 e. The molecule has 2 atom stereocenters. The normalized spacial score (nSPS) is 13.5. The lowest BCUT2D eigenvalue weighted by atomic mass is 9.65. The molecule has 0 amide bonds.